The van der Waals surface area contributed by atoms with Crippen molar-refractivity contribution in [3.63, 3.8) is 0 Å². The minimum absolute atomic E-state index is 0.142. The summed E-state index contributed by atoms with van der Waals surface area (Å²) in [4.78, 5) is 17.7. The maximum absolute atomic E-state index is 12.0. The number of pyridine rings is 1. The van der Waals surface area contributed by atoms with Crippen LogP contribution in [0.5, 0.6) is 0 Å². The summed E-state index contributed by atoms with van der Waals surface area (Å²) in [5.74, 6) is 0.263. The van der Waals surface area contributed by atoms with Gasteiger partial charge in [-0.3, -0.25) is 4.79 Å². The first-order chi connectivity index (χ1) is 8.22. The maximum atomic E-state index is 12.0. The smallest absolute Gasteiger partial charge is 0.272 e. The molecule has 0 radical (unpaired) electrons. The Hall–Kier alpha value is -1.60. The van der Waals surface area contributed by atoms with Crippen LogP contribution < -0.4 is 0 Å². The molecule has 1 heterocycles. The highest BCUT2D eigenvalue weighted by Gasteiger charge is 2.15. The molecule has 5 heteroatoms. The number of halogens is 1. The Labute approximate surface area is 106 Å². The molecular weight excluding hydrogens is 238 g/mol. The van der Waals surface area contributed by atoms with Crippen molar-refractivity contribution in [2.45, 2.75) is 13.3 Å². The van der Waals surface area contributed by atoms with E-state index >= 15 is 0 Å². The molecule has 1 amide bonds. The summed E-state index contributed by atoms with van der Waals surface area (Å²) in [6.45, 7) is 3.17. The average molecular weight is 252 g/mol. The van der Waals surface area contributed by atoms with E-state index in [9.17, 15) is 4.79 Å². The fourth-order valence-electron chi connectivity index (χ4n) is 1.44. The zero-order chi connectivity index (χ0) is 12.7. The van der Waals surface area contributed by atoms with Gasteiger partial charge in [0.05, 0.1) is 5.56 Å². The van der Waals surface area contributed by atoms with Gasteiger partial charge in [-0.15, -0.1) is 11.6 Å². The van der Waals surface area contributed by atoms with Gasteiger partial charge in [0.15, 0.2) is 0 Å². The fourth-order valence-corrected chi connectivity index (χ4v) is 1.64. The Bertz CT molecular complexity index is 405. The van der Waals surface area contributed by atoms with Crippen molar-refractivity contribution in [2.24, 2.45) is 0 Å². The first-order valence-corrected chi connectivity index (χ1v) is 5.97. The molecule has 0 aliphatic carbocycles. The van der Waals surface area contributed by atoms with Gasteiger partial charge in [-0.2, -0.15) is 5.26 Å². The van der Waals surface area contributed by atoms with E-state index in [1.54, 1.807) is 17.0 Å². The molecule has 17 heavy (non-hydrogen) atoms. The van der Waals surface area contributed by atoms with Crippen LogP contribution in [-0.4, -0.2) is 34.8 Å². The van der Waals surface area contributed by atoms with Crippen molar-refractivity contribution in [3.8, 4) is 6.07 Å². The Morgan fingerprint density at radius 3 is 2.76 bits per heavy atom. The topological polar surface area (TPSA) is 57.0 Å². The summed E-state index contributed by atoms with van der Waals surface area (Å²) in [7, 11) is 0. The summed E-state index contributed by atoms with van der Waals surface area (Å²) in [6, 6.07) is 5.12. The van der Waals surface area contributed by atoms with E-state index in [2.05, 4.69) is 4.98 Å². The number of alkyl halides is 1. The number of hydrogen-bond acceptors (Lipinski definition) is 3. The Balaban J connectivity index is 2.81. The van der Waals surface area contributed by atoms with Crippen LogP contribution >= 0.6 is 11.6 Å². The molecule has 0 saturated carbocycles. The molecule has 1 aromatic rings. The zero-order valence-electron chi connectivity index (χ0n) is 9.69. The number of carbonyl (C=O) groups is 1. The molecule has 0 N–H and O–H groups in total. The molecule has 1 rings (SSSR count). The van der Waals surface area contributed by atoms with Crippen LogP contribution in [-0.2, 0) is 0 Å². The summed E-state index contributed by atoms with van der Waals surface area (Å²) in [5, 5.41) is 8.64. The van der Waals surface area contributed by atoms with Gasteiger partial charge < -0.3 is 4.90 Å². The predicted molar refractivity (Wildman–Crippen MR) is 65.9 cm³/mol. The van der Waals surface area contributed by atoms with E-state index in [0.29, 0.717) is 30.2 Å². The third-order valence-electron chi connectivity index (χ3n) is 2.25. The predicted octanol–water partition coefficient (Wildman–Crippen LogP) is 2.04. The third kappa shape index (κ3) is 3.72. The summed E-state index contributed by atoms with van der Waals surface area (Å²) in [5.41, 5.74) is 0.795. The second-order valence-electron chi connectivity index (χ2n) is 3.53. The minimum Gasteiger partial charge on any atom is -0.336 e. The van der Waals surface area contributed by atoms with Crippen LogP contribution in [0, 0.1) is 11.3 Å². The first kappa shape index (κ1) is 13.5. The maximum Gasteiger partial charge on any atom is 0.272 e. The molecule has 4 nitrogen and oxygen atoms in total. The average Bonchev–Trinajstić information content (AvgIpc) is 2.38. The quantitative estimate of drug-likeness (QED) is 0.753. The van der Waals surface area contributed by atoms with Crippen molar-refractivity contribution in [3.05, 3.63) is 29.6 Å². The molecule has 0 unspecified atom stereocenters. The molecule has 0 atom stereocenters. The van der Waals surface area contributed by atoms with Crippen molar-refractivity contribution in [1.29, 1.82) is 5.26 Å². The van der Waals surface area contributed by atoms with E-state index in [-0.39, 0.29) is 5.91 Å². The van der Waals surface area contributed by atoms with Crippen LogP contribution in [0.4, 0.5) is 0 Å². The highest BCUT2D eigenvalue weighted by Crippen LogP contribution is 2.05. The van der Waals surface area contributed by atoms with Gasteiger partial charge in [-0.05, 0) is 18.6 Å². The molecule has 0 saturated heterocycles. The zero-order valence-corrected chi connectivity index (χ0v) is 10.4. The molecule has 0 aliphatic rings. The standard InChI is InChI=1S/C12H14ClN3O/c1-2-6-16(7-5-13)12(17)11-4-3-10(8-14)9-15-11/h3-4,9H,2,5-7H2,1H3. The van der Waals surface area contributed by atoms with E-state index in [0.717, 1.165) is 6.42 Å². The lowest BCUT2D eigenvalue weighted by Crippen LogP contribution is -2.34. The lowest BCUT2D eigenvalue weighted by atomic mass is 10.2. The molecular formula is C12H14ClN3O. The number of hydrogen-bond donors (Lipinski definition) is 0. The molecule has 90 valence electrons. The number of nitriles is 1. The van der Waals surface area contributed by atoms with Crippen LogP contribution in [0.1, 0.15) is 29.4 Å². The Morgan fingerprint density at radius 1 is 1.53 bits per heavy atom. The lowest BCUT2D eigenvalue weighted by molar-refractivity contribution is 0.0759. The Kier molecular flexibility index (Phi) is 5.44. The van der Waals surface area contributed by atoms with Crippen molar-refractivity contribution < 1.29 is 4.79 Å². The summed E-state index contributed by atoms with van der Waals surface area (Å²) in [6.07, 6.45) is 2.27. The van der Waals surface area contributed by atoms with E-state index in [1.165, 1.54) is 6.20 Å². The van der Waals surface area contributed by atoms with Crippen LogP contribution in [0.25, 0.3) is 0 Å². The molecule has 1 aromatic heterocycles. The number of rotatable bonds is 5. The Morgan fingerprint density at radius 2 is 2.29 bits per heavy atom. The van der Waals surface area contributed by atoms with Gasteiger partial charge in [0.2, 0.25) is 0 Å². The molecule has 0 spiro atoms. The minimum atomic E-state index is -0.142. The van der Waals surface area contributed by atoms with Crippen molar-refractivity contribution in [1.82, 2.24) is 9.88 Å². The van der Waals surface area contributed by atoms with E-state index in [1.807, 2.05) is 13.0 Å². The number of amides is 1. The van der Waals surface area contributed by atoms with Crippen LogP contribution in [0.3, 0.4) is 0 Å². The largest absolute Gasteiger partial charge is 0.336 e. The van der Waals surface area contributed by atoms with Crippen molar-refractivity contribution in [2.75, 3.05) is 19.0 Å². The lowest BCUT2D eigenvalue weighted by Gasteiger charge is -2.20. The summed E-state index contributed by atoms with van der Waals surface area (Å²) >= 11 is 5.65. The van der Waals surface area contributed by atoms with E-state index in [4.69, 9.17) is 16.9 Å². The van der Waals surface area contributed by atoms with Crippen LogP contribution in [0.2, 0.25) is 0 Å². The fraction of sp³-hybridized carbons (Fsp3) is 0.417. The van der Waals surface area contributed by atoms with Crippen LogP contribution in [0.15, 0.2) is 18.3 Å². The highest BCUT2D eigenvalue weighted by molar-refractivity contribution is 6.18. The van der Waals surface area contributed by atoms with E-state index < -0.39 is 0 Å². The normalized spacial score (nSPS) is 9.71. The summed E-state index contributed by atoms with van der Waals surface area (Å²) < 4.78 is 0. The third-order valence-corrected chi connectivity index (χ3v) is 2.42. The number of aromatic nitrogens is 1. The van der Waals surface area contributed by atoms with Gasteiger partial charge in [-0.25, -0.2) is 4.98 Å². The number of carbonyl (C=O) groups excluding carboxylic acids is 1. The van der Waals surface area contributed by atoms with Gasteiger partial charge >= 0.3 is 0 Å². The van der Waals surface area contributed by atoms with Gasteiger partial charge in [0, 0.05) is 25.2 Å². The van der Waals surface area contributed by atoms with Gasteiger partial charge in [0.25, 0.3) is 5.91 Å². The molecule has 0 aliphatic heterocycles. The van der Waals surface area contributed by atoms with Gasteiger partial charge in [0.1, 0.15) is 11.8 Å². The second kappa shape index (κ2) is 6.87. The highest BCUT2D eigenvalue weighted by atomic mass is 35.5. The monoisotopic (exact) mass is 251 g/mol. The first-order valence-electron chi connectivity index (χ1n) is 5.44. The van der Waals surface area contributed by atoms with Crippen molar-refractivity contribution >= 4 is 17.5 Å². The molecule has 0 bridgehead atoms. The number of nitrogens with zero attached hydrogens (tertiary/aromatic N) is 3. The van der Waals surface area contributed by atoms with Gasteiger partial charge in [-0.1, -0.05) is 6.92 Å². The second-order valence-corrected chi connectivity index (χ2v) is 3.90. The SMILES string of the molecule is CCCN(CCCl)C(=O)c1ccc(C#N)cn1. The molecule has 0 aromatic carbocycles. The molecule has 0 fully saturated rings.